The topological polar surface area (TPSA) is 29.0 Å². The van der Waals surface area contributed by atoms with E-state index in [4.69, 9.17) is 11.6 Å². The first-order chi connectivity index (χ1) is 12.7. The standard InChI is InChI=1S/C21H24ClN3S/c1-3-14-8-10-15(11-9-14)17-16(4-2)26-20-18(17)19(23-21(22)24-20)25-12-6-5-7-13-25/h8-11H,3-7,12-13H2,1-2H3. The van der Waals surface area contributed by atoms with Gasteiger partial charge in [-0.3, -0.25) is 0 Å². The minimum Gasteiger partial charge on any atom is -0.356 e. The second-order valence-electron chi connectivity index (χ2n) is 6.85. The molecular formula is C21H24ClN3S. The van der Waals surface area contributed by atoms with Crippen LogP contribution in [0.15, 0.2) is 24.3 Å². The average Bonchev–Trinajstić information content (AvgIpc) is 3.06. The number of rotatable bonds is 4. The van der Waals surface area contributed by atoms with Crippen LogP contribution >= 0.6 is 22.9 Å². The van der Waals surface area contributed by atoms with Crippen LogP contribution in [0.4, 0.5) is 5.82 Å². The van der Waals surface area contributed by atoms with Crippen LogP contribution in [0, 0.1) is 0 Å². The summed E-state index contributed by atoms with van der Waals surface area (Å²) in [6.45, 7) is 6.50. The number of hydrogen-bond donors (Lipinski definition) is 0. The lowest BCUT2D eigenvalue weighted by molar-refractivity contribution is 0.574. The zero-order chi connectivity index (χ0) is 18.1. The molecule has 3 heterocycles. The molecule has 3 aromatic rings. The van der Waals surface area contributed by atoms with Crippen LogP contribution in [0.3, 0.4) is 0 Å². The van der Waals surface area contributed by atoms with Crippen molar-refractivity contribution in [2.45, 2.75) is 46.0 Å². The van der Waals surface area contributed by atoms with E-state index in [9.17, 15) is 0 Å². The van der Waals surface area contributed by atoms with E-state index in [2.05, 4.69) is 53.0 Å². The van der Waals surface area contributed by atoms with Gasteiger partial charge in [-0.15, -0.1) is 11.3 Å². The molecule has 4 rings (SSSR count). The van der Waals surface area contributed by atoms with E-state index in [1.807, 2.05) is 0 Å². The van der Waals surface area contributed by atoms with Crippen LogP contribution in [-0.4, -0.2) is 23.1 Å². The molecule has 5 heteroatoms. The van der Waals surface area contributed by atoms with Gasteiger partial charge < -0.3 is 4.90 Å². The van der Waals surface area contributed by atoms with E-state index in [0.29, 0.717) is 5.28 Å². The Morgan fingerprint density at radius 2 is 1.73 bits per heavy atom. The van der Waals surface area contributed by atoms with Crippen molar-refractivity contribution in [3.63, 3.8) is 0 Å². The van der Waals surface area contributed by atoms with Crippen molar-refractivity contribution >= 4 is 39.0 Å². The highest BCUT2D eigenvalue weighted by Gasteiger charge is 2.23. The molecule has 0 aliphatic carbocycles. The number of nitrogens with zero attached hydrogens (tertiary/aromatic N) is 3. The summed E-state index contributed by atoms with van der Waals surface area (Å²) in [5.74, 6) is 1.02. The van der Waals surface area contributed by atoms with Crippen molar-refractivity contribution in [2.24, 2.45) is 0 Å². The fraction of sp³-hybridized carbons (Fsp3) is 0.429. The second-order valence-corrected chi connectivity index (χ2v) is 8.27. The predicted octanol–water partition coefficient (Wildman–Crippen LogP) is 6.13. The van der Waals surface area contributed by atoms with Gasteiger partial charge in [0.1, 0.15) is 10.6 Å². The Labute approximate surface area is 164 Å². The third-order valence-corrected chi connectivity index (χ3v) is 6.60. The Balaban J connectivity index is 1.94. The zero-order valence-corrected chi connectivity index (χ0v) is 17.0. The maximum absolute atomic E-state index is 6.29. The first-order valence-corrected chi connectivity index (χ1v) is 10.7. The molecule has 0 bridgehead atoms. The molecule has 26 heavy (non-hydrogen) atoms. The molecule has 1 saturated heterocycles. The molecule has 1 aliphatic rings. The van der Waals surface area contributed by atoms with Crippen LogP contribution in [0.5, 0.6) is 0 Å². The number of hydrogen-bond acceptors (Lipinski definition) is 4. The van der Waals surface area contributed by atoms with Gasteiger partial charge in [0, 0.05) is 23.5 Å². The summed E-state index contributed by atoms with van der Waals surface area (Å²) in [6.07, 6.45) is 5.78. The summed E-state index contributed by atoms with van der Waals surface area (Å²) in [7, 11) is 0. The Morgan fingerprint density at radius 3 is 2.38 bits per heavy atom. The van der Waals surface area contributed by atoms with Gasteiger partial charge in [-0.05, 0) is 54.8 Å². The van der Waals surface area contributed by atoms with Gasteiger partial charge in [0.25, 0.3) is 0 Å². The molecule has 0 spiro atoms. The van der Waals surface area contributed by atoms with Gasteiger partial charge >= 0.3 is 0 Å². The molecule has 3 nitrogen and oxygen atoms in total. The lowest BCUT2D eigenvalue weighted by Gasteiger charge is -2.28. The van der Waals surface area contributed by atoms with Crippen LogP contribution in [0.1, 0.15) is 43.6 Å². The quantitative estimate of drug-likeness (QED) is 0.506. The third kappa shape index (κ3) is 3.21. The number of halogens is 1. The minimum absolute atomic E-state index is 0.356. The van der Waals surface area contributed by atoms with Gasteiger partial charge in [0.2, 0.25) is 5.28 Å². The molecule has 1 fully saturated rings. The maximum Gasteiger partial charge on any atom is 0.225 e. The van der Waals surface area contributed by atoms with Gasteiger partial charge in [-0.2, -0.15) is 4.98 Å². The lowest BCUT2D eigenvalue weighted by Crippen LogP contribution is -2.30. The molecule has 0 unspecified atom stereocenters. The number of benzene rings is 1. The summed E-state index contributed by atoms with van der Waals surface area (Å²) in [5.41, 5.74) is 3.92. The van der Waals surface area contributed by atoms with Gasteiger partial charge in [-0.1, -0.05) is 38.1 Å². The van der Waals surface area contributed by atoms with Crippen molar-refractivity contribution in [2.75, 3.05) is 18.0 Å². The van der Waals surface area contributed by atoms with Crippen molar-refractivity contribution in [1.82, 2.24) is 9.97 Å². The Bertz CT molecular complexity index is 911. The first kappa shape index (κ1) is 17.7. The molecule has 1 aliphatic heterocycles. The van der Waals surface area contributed by atoms with Crippen LogP contribution in [-0.2, 0) is 12.8 Å². The van der Waals surface area contributed by atoms with Gasteiger partial charge in [0.15, 0.2) is 0 Å². The Kier molecular flexibility index (Phi) is 5.14. The van der Waals surface area contributed by atoms with E-state index in [1.54, 1.807) is 11.3 Å². The van der Waals surface area contributed by atoms with E-state index in [-0.39, 0.29) is 0 Å². The summed E-state index contributed by atoms with van der Waals surface area (Å²) < 4.78 is 0. The summed E-state index contributed by atoms with van der Waals surface area (Å²) in [6, 6.07) is 8.95. The van der Waals surface area contributed by atoms with Gasteiger partial charge in [0.05, 0.1) is 5.39 Å². The molecular weight excluding hydrogens is 362 g/mol. The molecule has 2 aromatic heterocycles. The average molecular weight is 386 g/mol. The predicted molar refractivity (Wildman–Crippen MR) is 113 cm³/mol. The largest absolute Gasteiger partial charge is 0.356 e. The van der Waals surface area contributed by atoms with Crippen LogP contribution in [0.25, 0.3) is 21.3 Å². The maximum atomic E-state index is 6.29. The summed E-state index contributed by atoms with van der Waals surface area (Å²) in [4.78, 5) is 14.0. The third-order valence-electron chi connectivity index (χ3n) is 5.21. The molecule has 0 atom stereocenters. The fourth-order valence-electron chi connectivity index (χ4n) is 3.80. The summed E-state index contributed by atoms with van der Waals surface area (Å²) in [5, 5.41) is 1.54. The zero-order valence-electron chi connectivity index (χ0n) is 15.4. The highest BCUT2D eigenvalue weighted by molar-refractivity contribution is 7.19. The van der Waals surface area contributed by atoms with Crippen molar-refractivity contribution in [3.05, 3.63) is 40.0 Å². The minimum atomic E-state index is 0.356. The Hall–Kier alpha value is -1.65. The highest BCUT2D eigenvalue weighted by atomic mass is 35.5. The fourth-order valence-corrected chi connectivity index (χ4v) is 5.14. The van der Waals surface area contributed by atoms with Crippen LogP contribution < -0.4 is 4.90 Å². The molecule has 0 saturated carbocycles. The molecule has 1 aromatic carbocycles. The number of aromatic nitrogens is 2. The molecule has 0 N–H and O–H groups in total. The normalized spacial score (nSPS) is 15.0. The smallest absolute Gasteiger partial charge is 0.225 e. The second kappa shape index (κ2) is 7.53. The van der Waals surface area contributed by atoms with Crippen molar-refractivity contribution < 1.29 is 0 Å². The highest BCUT2D eigenvalue weighted by Crippen LogP contribution is 2.43. The molecule has 0 amide bonds. The number of fused-ring (bicyclic) bond motifs is 1. The van der Waals surface area contributed by atoms with Crippen LogP contribution in [0.2, 0.25) is 5.28 Å². The van der Waals surface area contributed by atoms with E-state index in [1.165, 1.54) is 46.2 Å². The van der Waals surface area contributed by atoms with E-state index >= 15 is 0 Å². The Morgan fingerprint density at radius 1 is 1.00 bits per heavy atom. The monoisotopic (exact) mass is 385 g/mol. The lowest BCUT2D eigenvalue weighted by atomic mass is 9.99. The van der Waals surface area contributed by atoms with Crippen molar-refractivity contribution in [1.29, 1.82) is 0 Å². The molecule has 136 valence electrons. The SMILES string of the molecule is CCc1ccc(-c2c(CC)sc3nc(Cl)nc(N4CCCCC4)c23)cc1. The van der Waals surface area contributed by atoms with Crippen molar-refractivity contribution in [3.8, 4) is 11.1 Å². The first-order valence-electron chi connectivity index (χ1n) is 9.54. The number of aryl methyl sites for hydroxylation is 2. The summed E-state index contributed by atoms with van der Waals surface area (Å²) >= 11 is 8.05. The number of thiophene rings is 1. The van der Waals surface area contributed by atoms with E-state index < -0.39 is 0 Å². The van der Waals surface area contributed by atoms with E-state index in [0.717, 1.165) is 36.6 Å². The van der Waals surface area contributed by atoms with Gasteiger partial charge in [-0.25, -0.2) is 4.98 Å². The molecule has 0 radical (unpaired) electrons. The number of piperidine rings is 1. The number of anilines is 1.